The summed E-state index contributed by atoms with van der Waals surface area (Å²) in [6.07, 6.45) is 0. The summed E-state index contributed by atoms with van der Waals surface area (Å²) < 4.78 is 5.11. The first-order valence-corrected chi connectivity index (χ1v) is 6.48. The second-order valence-electron chi connectivity index (χ2n) is 4.70. The zero-order chi connectivity index (χ0) is 14.5. The lowest BCUT2D eigenvalue weighted by Crippen LogP contribution is -2.18. The lowest BCUT2D eigenvalue weighted by molar-refractivity contribution is 0.372. The molecule has 106 valence electrons. The van der Waals surface area contributed by atoms with Crippen LogP contribution in [0.1, 0.15) is 24.1 Å². The molecule has 2 aromatic carbocycles. The Bertz CT molecular complexity index is 566. The highest BCUT2D eigenvalue weighted by atomic mass is 16.5. The van der Waals surface area contributed by atoms with Crippen molar-refractivity contribution in [2.24, 2.45) is 0 Å². The molecule has 0 heterocycles. The maximum absolute atomic E-state index is 9.58. The molecule has 0 saturated carbocycles. The van der Waals surface area contributed by atoms with Gasteiger partial charge in [-0.25, -0.2) is 0 Å². The Morgan fingerprint density at radius 1 is 1.10 bits per heavy atom. The third-order valence-electron chi connectivity index (χ3n) is 3.25. The number of aromatic hydroxyl groups is 2. The van der Waals surface area contributed by atoms with Crippen LogP contribution in [0.25, 0.3) is 0 Å². The fourth-order valence-corrected chi connectivity index (χ4v) is 1.97. The molecule has 20 heavy (non-hydrogen) atoms. The van der Waals surface area contributed by atoms with Crippen LogP contribution in [0.5, 0.6) is 17.2 Å². The number of rotatable bonds is 5. The van der Waals surface area contributed by atoms with Crippen LogP contribution in [0.15, 0.2) is 42.5 Å². The van der Waals surface area contributed by atoms with Crippen molar-refractivity contribution in [3.63, 3.8) is 0 Å². The third kappa shape index (κ3) is 3.42. The van der Waals surface area contributed by atoms with Gasteiger partial charge < -0.3 is 20.3 Å². The van der Waals surface area contributed by atoms with Crippen LogP contribution in [0.3, 0.4) is 0 Å². The second kappa shape index (κ2) is 6.30. The van der Waals surface area contributed by atoms with E-state index in [0.29, 0.717) is 12.3 Å². The highest BCUT2D eigenvalue weighted by Crippen LogP contribution is 2.28. The first kappa shape index (κ1) is 14.2. The molecule has 2 rings (SSSR count). The molecule has 0 aliphatic carbocycles. The van der Waals surface area contributed by atoms with E-state index < -0.39 is 0 Å². The van der Waals surface area contributed by atoms with Gasteiger partial charge in [0.05, 0.1) is 7.11 Å². The van der Waals surface area contributed by atoms with Gasteiger partial charge >= 0.3 is 0 Å². The van der Waals surface area contributed by atoms with E-state index in [1.54, 1.807) is 18.2 Å². The van der Waals surface area contributed by atoms with Crippen LogP contribution in [0, 0.1) is 0 Å². The Balaban J connectivity index is 2.01. The molecule has 3 N–H and O–H groups in total. The normalized spacial score (nSPS) is 12.1. The van der Waals surface area contributed by atoms with Crippen molar-refractivity contribution in [3.05, 3.63) is 53.6 Å². The highest BCUT2D eigenvalue weighted by molar-refractivity contribution is 5.42. The summed E-state index contributed by atoms with van der Waals surface area (Å²) in [5.74, 6) is 0.882. The molecule has 0 radical (unpaired) electrons. The molecule has 0 saturated heterocycles. The van der Waals surface area contributed by atoms with E-state index in [0.717, 1.165) is 11.1 Å². The molecule has 0 aliphatic heterocycles. The van der Waals surface area contributed by atoms with Gasteiger partial charge in [-0.2, -0.15) is 0 Å². The lowest BCUT2D eigenvalue weighted by atomic mass is 10.1. The molecular formula is C16H19NO3. The third-order valence-corrected chi connectivity index (χ3v) is 3.25. The second-order valence-corrected chi connectivity index (χ2v) is 4.70. The average Bonchev–Trinajstić information content (AvgIpc) is 2.47. The summed E-state index contributed by atoms with van der Waals surface area (Å²) in [5, 5.41) is 22.2. The average molecular weight is 273 g/mol. The van der Waals surface area contributed by atoms with Gasteiger partial charge in [0.2, 0.25) is 0 Å². The van der Waals surface area contributed by atoms with Gasteiger partial charge in [0.15, 0.2) is 11.5 Å². The first-order chi connectivity index (χ1) is 9.60. The number of phenols is 2. The Hall–Kier alpha value is -2.20. The van der Waals surface area contributed by atoms with E-state index in [4.69, 9.17) is 4.74 Å². The van der Waals surface area contributed by atoms with Crippen LogP contribution in [0.2, 0.25) is 0 Å². The summed E-state index contributed by atoms with van der Waals surface area (Å²) in [6, 6.07) is 12.6. The summed E-state index contributed by atoms with van der Waals surface area (Å²) in [5.41, 5.74) is 2.14. The molecule has 4 heteroatoms. The molecule has 0 spiro atoms. The molecule has 2 aromatic rings. The predicted molar refractivity (Wildman–Crippen MR) is 78.0 cm³/mol. The predicted octanol–water partition coefficient (Wildman–Crippen LogP) is 2.96. The van der Waals surface area contributed by atoms with Gasteiger partial charge in [-0.3, -0.25) is 0 Å². The summed E-state index contributed by atoms with van der Waals surface area (Å²) in [7, 11) is 1.54. The number of nitrogens with one attached hydrogen (secondary N) is 1. The molecule has 1 atom stereocenters. The van der Waals surface area contributed by atoms with Crippen LogP contribution < -0.4 is 10.1 Å². The fraction of sp³-hybridized carbons (Fsp3) is 0.250. The van der Waals surface area contributed by atoms with Crippen LogP contribution in [-0.2, 0) is 6.54 Å². The van der Waals surface area contributed by atoms with E-state index in [2.05, 4.69) is 5.32 Å². The largest absolute Gasteiger partial charge is 0.508 e. The molecule has 1 unspecified atom stereocenters. The van der Waals surface area contributed by atoms with Crippen molar-refractivity contribution in [1.29, 1.82) is 0 Å². The quantitative estimate of drug-likeness (QED) is 0.784. The van der Waals surface area contributed by atoms with E-state index in [-0.39, 0.29) is 17.5 Å². The van der Waals surface area contributed by atoms with Crippen molar-refractivity contribution < 1.29 is 14.9 Å². The van der Waals surface area contributed by atoms with Gasteiger partial charge in [0.1, 0.15) is 5.75 Å². The SMILES string of the molecule is COc1cc(C(C)NCc2ccc(O)cc2)ccc1O. The Morgan fingerprint density at radius 2 is 1.80 bits per heavy atom. The fourth-order valence-electron chi connectivity index (χ4n) is 1.97. The Labute approximate surface area is 118 Å². The Morgan fingerprint density at radius 3 is 2.45 bits per heavy atom. The van der Waals surface area contributed by atoms with Gasteiger partial charge in [-0.05, 0) is 42.3 Å². The minimum absolute atomic E-state index is 0.123. The minimum Gasteiger partial charge on any atom is -0.508 e. The number of phenolic OH excluding ortho intramolecular Hbond substituents is 2. The summed E-state index contributed by atoms with van der Waals surface area (Å²) in [4.78, 5) is 0. The summed E-state index contributed by atoms with van der Waals surface area (Å²) >= 11 is 0. The van der Waals surface area contributed by atoms with Gasteiger partial charge in [0, 0.05) is 12.6 Å². The van der Waals surface area contributed by atoms with Crippen molar-refractivity contribution in [1.82, 2.24) is 5.32 Å². The maximum atomic E-state index is 9.58. The number of hydrogen-bond donors (Lipinski definition) is 3. The highest BCUT2D eigenvalue weighted by Gasteiger charge is 2.09. The molecule has 0 fully saturated rings. The molecular weight excluding hydrogens is 254 g/mol. The van der Waals surface area contributed by atoms with Crippen LogP contribution >= 0.6 is 0 Å². The molecule has 0 bridgehead atoms. The molecule has 0 amide bonds. The molecule has 4 nitrogen and oxygen atoms in total. The van der Waals surface area contributed by atoms with Crippen molar-refractivity contribution in [3.8, 4) is 17.2 Å². The van der Waals surface area contributed by atoms with E-state index in [9.17, 15) is 10.2 Å². The minimum atomic E-state index is 0.123. The van der Waals surface area contributed by atoms with E-state index in [1.807, 2.05) is 31.2 Å². The Kier molecular flexibility index (Phi) is 4.48. The number of benzene rings is 2. The van der Waals surface area contributed by atoms with Crippen LogP contribution in [-0.4, -0.2) is 17.3 Å². The number of hydrogen-bond acceptors (Lipinski definition) is 4. The first-order valence-electron chi connectivity index (χ1n) is 6.48. The van der Waals surface area contributed by atoms with Gasteiger partial charge in [0.25, 0.3) is 0 Å². The van der Waals surface area contributed by atoms with Crippen molar-refractivity contribution >= 4 is 0 Å². The topological polar surface area (TPSA) is 61.7 Å². The van der Waals surface area contributed by atoms with Crippen LogP contribution in [0.4, 0.5) is 0 Å². The van der Waals surface area contributed by atoms with Gasteiger partial charge in [-0.15, -0.1) is 0 Å². The zero-order valence-corrected chi connectivity index (χ0v) is 11.6. The van der Waals surface area contributed by atoms with E-state index >= 15 is 0 Å². The standard InChI is InChI=1S/C16H19NO3/c1-11(13-5-8-15(19)16(9-13)20-2)17-10-12-3-6-14(18)7-4-12/h3-9,11,17-19H,10H2,1-2H3. The summed E-state index contributed by atoms with van der Waals surface area (Å²) in [6.45, 7) is 2.75. The van der Waals surface area contributed by atoms with E-state index in [1.165, 1.54) is 7.11 Å². The lowest BCUT2D eigenvalue weighted by Gasteiger charge is -2.15. The number of ether oxygens (including phenoxy) is 1. The van der Waals surface area contributed by atoms with Crippen molar-refractivity contribution in [2.75, 3.05) is 7.11 Å². The van der Waals surface area contributed by atoms with Crippen molar-refractivity contribution in [2.45, 2.75) is 19.5 Å². The zero-order valence-electron chi connectivity index (χ0n) is 11.6. The molecule has 0 aliphatic rings. The number of methoxy groups -OCH3 is 1. The molecule has 0 aromatic heterocycles. The smallest absolute Gasteiger partial charge is 0.160 e. The monoisotopic (exact) mass is 273 g/mol. The van der Waals surface area contributed by atoms with Gasteiger partial charge in [-0.1, -0.05) is 18.2 Å². The maximum Gasteiger partial charge on any atom is 0.160 e.